The van der Waals surface area contributed by atoms with Gasteiger partial charge >= 0.3 is 0 Å². The van der Waals surface area contributed by atoms with Gasteiger partial charge in [0.1, 0.15) is 0 Å². The second-order valence-corrected chi connectivity index (χ2v) is 5.32. The van der Waals surface area contributed by atoms with Gasteiger partial charge in [-0.25, -0.2) is 0 Å². The molecule has 2 aromatic rings. The molecular weight excluding hydrogens is 364 g/mol. The second-order valence-electron chi connectivity index (χ2n) is 3.55. The van der Waals surface area contributed by atoms with Crippen molar-refractivity contribution in [3.63, 3.8) is 0 Å². The van der Waals surface area contributed by atoms with Crippen molar-refractivity contribution in [3.05, 3.63) is 45.1 Å². The van der Waals surface area contributed by atoms with Gasteiger partial charge in [-0.1, -0.05) is 21.1 Å². The minimum Gasteiger partial charge on any atom is -0.350 e. The van der Waals surface area contributed by atoms with Crippen LogP contribution in [0.4, 0.5) is 0 Å². The Morgan fingerprint density at radius 2 is 2.22 bits per heavy atom. The van der Waals surface area contributed by atoms with E-state index in [0.717, 1.165) is 8.95 Å². The number of nitrogens with zero attached hydrogens (tertiary/aromatic N) is 3. The highest BCUT2D eigenvalue weighted by atomic mass is 79.9. The summed E-state index contributed by atoms with van der Waals surface area (Å²) in [6.45, 7) is 1.10. The lowest BCUT2D eigenvalue weighted by molar-refractivity contribution is 0.0951. The molecule has 18 heavy (non-hydrogen) atoms. The molecular formula is C11H10Br2N4O. The summed E-state index contributed by atoms with van der Waals surface area (Å²) in [4.78, 5) is 11.9. The van der Waals surface area contributed by atoms with Crippen molar-refractivity contribution in [2.75, 3.05) is 6.54 Å². The first kappa shape index (κ1) is 13.2. The summed E-state index contributed by atoms with van der Waals surface area (Å²) < 4.78 is 3.35. The molecule has 0 aliphatic heterocycles. The van der Waals surface area contributed by atoms with E-state index >= 15 is 0 Å². The second kappa shape index (κ2) is 6.10. The molecule has 0 fully saturated rings. The molecule has 5 nitrogen and oxygen atoms in total. The number of hydrogen-bond acceptors (Lipinski definition) is 3. The third-order valence-electron chi connectivity index (χ3n) is 2.27. The predicted octanol–water partition coefficient (Wildman–Crippen LogP) is 2.23. The van der Waals surface area contributed by atoms with Crippen LogP contribution in [0.25, 0.3) is 0 Å². The molecule has 0 spiro atoms. The van der Waals surface area contributed by atoms with E-state index in [1.807, 2.05) is 12.1 Å². The Hall–Kier alpha value is -1.21. The van der Waals surface area contributed by atoms with Crippen LogP contribution >= 0.6 is 31.9 Å². The Kier molecular flexibility index (Phi) is 4.48. The first-order valence-electron chi connectivity index (χ1n) is 5.24. The summed E-state index contributed by atoms with van der Waals surface area (Å²) in [5, 5.41) is 10.3. The molecule has 0 bridgehead atoms. The molecule has 0 saturated heterocycles. The van der Waals surface area contributed by atoms with Crippen molar-refractivity contribution >= 4 is 37.8 Å². The largest absolute Gasteiger partial charge is 0.350 e. The zero-order valence-electron chi connectivity index (χ0n) is 9.31. The number of halogens is 2. The molecule has 1 aromatic heterocycles. The van der Waals surface area contributed by atoms with Gasteiger partial charge in [0, 0.05) is 21.7 Å². The van der Waals surface area contributed by atoms with E-state index < -0.39 is 0 Å². The van der Waals surface area contributed by atoms with E-state index in [1.54, 1.807) is 23.1 Å². The van der Waals surface area contributed by atoms with Gasteiger partial charge < -0.3 is 5.32 Å². The molecule has 94 valence electrons. The molecule has 2 rings (SSSR count). The smallest absolute Gasteiger partial charge is 0.252 e. The molecule has 1 amide bonds. The minimum absolute atomic E-state index is 0.116. The maximum absolute atomic E-state index is 11.9. The van der Waals surface area contributed by atoms with Crippen LogP contribution in [-0.4, -0.2) is 27.4 Å². The molecule has 0 radical (unpaired) electrons. The average Bonchev–Trinajstić information content (AvgIpc) is 2.81. The van der Waals surface area contributed by atoms with Crippen molar-refractivity contribution in [3.8, 4) is 0 Å². The first-order valence-corrected chi connectivity index (χ1v) is 6.83. The fourth-order valence-electron chi connectivity index (χ4n) is 1.40. The molecule has 0 saturated carbocycles. The highest BCUT2D eigenvalue weighted by Crippen LogP contribution is 2.21. The Balaban J connectivity index is 1.91. The number of nitrogens with one attached hydrogen (secondary N) is 1. The zero-order chi connectivity index (χ0) is 13.0. The summed E-state index contributed by atoms with van der Waals surface area (Å²) >= 11 is 6.70. The maximum Gasteiger partial charge on any atom is 0.252 e. The molecule has 1 aromatic carbocycles. The van der Waals surface area contributed by atoms with Crippen LogP contribution in [-0.2, 0) is 6.54 Å². The van der Waals surface area contributed by atoms with Gasteiger partial charge in [-0.3, -0.25) is 9.48 Å². The predicted molar refractivity (Wildman–Crippen MR) is 74.2 cm³/mol. The number of rotatable bonds is 4. The van der Waals surface area contributed by atoms with E-state index in [9.17, 15) is 4.79 Å². The Morgan fingerprint density at radius 1 is 1.39 bits per heavy atom. The van der Waals surface area contributed by atoms with Crippen molar-refractivity contribution in [1.29, 1.82) is 0 Å². The zero-order valence-corrected chi connectivity index (χ0v) is 12.5. The van der Waals surface area contributed by atoms with Gasteiger partial charge in [0.05, 0.1) is 18.3 Å². The highest BCUT2D eigenvalue weighted by Gasteiger charge is 2.09. The molecule has 1 heterocycles. The first-order chi connectivity index (χ1) is 8.66. The normalized spacial score (nSPS) is 10.3. The van der Waals surface area contributed by atoms with Crippen LogP contribution < -0.4 is 5.32 Å². The highest BCUT2D eigenvalue weighted by molar-refractivity contribution is 9.11. The molecule has 0 aliphatic carbocycles. The monoisotopic (exact) mass is 372 g/mol. The van der Waals surface area contributed by atoms with Crippen molar-refractivity contribution in [2.24, 2.45) is 0 Å². The van der Waals surface area contributed by atoms with Crippen molar-refractivity contribution < 1.29 is 4.79 Å². The van der Waals surface area contributed by atoms with Gasteiger partial charge in [0.2, 0.25) is 0 Å². The third-order valence-corrected chi connectivity index (χ3v) is 3.42. The lowest BCUT2D eigenvalue weighted by Gasteiger charge is -2.07. The van der Waals surface area contributed by atoms with E-state index in [-0.39, 0.29) is 5.91 Å². The Morgan fingerprint density at radius 3 is 2.89 bits per heavy atom. The van der Waals surface area contributed by atoms with E-state index in [0.29, 0.717) is 18.7 Å². The summed E-state index contributed by atoms with van der Waals surface area (Å²) in [7, 11) is 0. The molecule has 0 aliphatic rings. The Bertz CT molecular complexity index is 542. The number of carbonyl (C=O) groups is 1. The van der Waals surface area contributed by atoms with E-state index in [1.165, 1.54) is 0 Å². The standard InChI is InChI=1S/C11H10Br2N4O/c12-8-1-2-9(10(13)7-8)11(18)14-3-5-17-6-4-15-16-17/h1-2,4,6-7H,3,5H2,(H,14,18). The average molecular weight is 374 g/mol. The number of hydrogen-bond donors (Lipinski definition) is 1. The lowest BCUT2D eigenvalue weighted by Crippen LogP contribution is -2.27. The van der Waals surface area contributed by atoms with Crippen molar-refractivity contribution in [2.45, 2.75) is 6.54 Å². The molecule has 0 unspecified atom stereocenters. The third kappa shape index (κ3) is 3.39. The quantitative estimate of drug-likeness (QED) is 0.893. The number of carbonyl (C=O) groups excluding carboxylic acids is 1. The number of amides is 1. The number of benzene rings is 1. The molecule has 0 atom stereocenters. The van der Waals surface area contributed by atoms with Crippen LogP contribution in [0, 0.1) is 0 Å². The van der Waals surface area contributed by atoms with Gasteiger partial charge in [-0.2, -0.15) is 0 Å². The maximum atomic E-state index is 11.9. The van der Waals surface area contributed by atoms with Gasteiger partial charge in [-0.15, -0.1) is 5.10 Å². The van der Waals surface area contributed by atoms with Crippen LogP contribution in [0.3, 0.4) is 0 Å². The van der Waals surface area contributed by atoms with E-state index in [2.05, 4.69) is 47.5 Å². The fraction of sp³-hybridized carbons (Fsp3) is 0.182. The lowest BCUT2D eigenvalue weighted by atomic mass is 10.2. The van der Waals surface area contributed by atoms with Gasteiger partial charge in [0.25, 0.3) is 5.91 Å². The topological polar surface area (TPSA) is 59.8 Å². The van der Waals surface area contributed by atoms with Crippen LogP contribution in [0.5, 0.6) is 0 Å². The van der Waals surface area contributed by atoms with E-state index in [4.69, 9.17) is 0 Å². The summed E-state index contributed by atoms with van der Waals surface area (Å²) in [6, 6.07) is 5.43. The minimum atomic E-state index is -0.116. The molecule has 7 heteroatoms. The van der Waals surface area contributed by atoms with Gasteiger partial charge in [0.15, 0.2) is 0 Å². The van der Waals surface area contributed by atoms with Crippen LogP contribution in [0.15, 0.2) is 39.5 Å². The SMILES string of the molecule is O=C(NCCn1ccnn1)c1ccc(Br)cc1Br. The van der Waals surface area contributed by atoms with Crippen LogP contribution in [0.1, 0.15) is 10.4 Å². The summed E-state index contributed by atoms with van der Waals surface area (Å²) in [5.74, 6) is -0.116. The molecule has 1 N–H and O–H groups in total. The number of aromatic nitrogens is 3. The van der Waals surface area contributed by atoms with Gasteiger partial charge in [-0.05, 0) is 34.1 Å². The fourth-order valence-corrected chi connectivity index (χ4v) is 2.63. The van der Waals surface area contributed by atoms with Crippen LogP contribution in [0.2, 0.25) is 0 Å². The Labute approximate surface area is 121 Å². The summed E-state index contributed by atoms with van der Waals surface area (Å²) in [5.41, 5.74) is 0.608. The van der Waals surface area contributed by atoms with Crippen molar-refractivity contribution in [1.82, 2.24) is 20.3 Å². The summed E-state index contributed by atoms with van der Waals surface area (Å²) in [6.07, 6.45) is 3.36.